The van der Waals surface area contributed by atoms with Crippen LogP contribution in [0.5, 0.6) is 23.0 Å². The fraction of sp³-hybridized carbons (Fsp3) is 0.380. The molecule has 1 heterocycles. The molecule has 6 rings (SSSR count). The van der Waals surface area contributed by atoms with Gasteiger partial charge >= 0.3 is 39.0 Å². The number of fused-ring (bicyclic) bond motifs is 2. The van der Waals surface area contributed by atoms with Crippen LogP contribution < -0.4 is 24.3 Å². The summed E-state index contributed by atoms with van der Waals surface area (Å²) in [5.41, 5.74) is 9.00. The van der Waals surface area contributed by atoms with Crippen molar-refractivity contribution < 1.29 is 83.4 Å². The van der Waals surface area contributed by atoms with Gasteiger partial charge in [0, 0.05) is 11.1 Å². The van der Waals surface area contributed by atoms with E-state index in [2.05, 4.69) is 49.5 Å². The SMILES string of the molecule is Cc1cc(C)cc(C[NH2+]Cc2ccc(COC(=O)c3cc(C)cc(C)c3)cc2)c1.F[P-](F)(F)(F)(F)F.O.c1ccc2c(c1)OCCOCCOCCOc1ccccc1OCCOCCOCCO2. The molecule has 5 aromatic carbocycles. The predicted molar refractivity (Wildman–Crippen MR) is 252 cm³/mol. The van der Waals surface area contributed by atoms with E-state index in [9.17, 15) is 30.0 Å². The number of benzene rings is 5. The van der Waals surface area contributed by atoms with E-state index in [0.29, 0.717) is 114 Å². The molecule has 0 amide bonds. The number of esters is 1. The average molecular weight is 1000 g/mol. The molecule has 0 bridgehead atoms. The van der Waals surface area contributed by atoms with E-state index in [0.717, 1.165) is 29.8 Å². The van der Waals surface area contributed by atoms with Crippen molar-refractivity contribution in [3.8, 4) is 23.0 Å². The molecule has 0 radical (unpaired) electrons. The number of para-hydroxylation sites is 4. The van der Waals surface area contributed by atoms with Gasteiger partial charge in [-0.25, -0.2) is 4.79 Å². The van der Waals surface area contributed by atoms with Crippen molar-refractivity contribution in [1.29, 1.82) is 0 Å². The van der Waals surface area contributed by atoms with Gasteiger partial charge in [-0.3, -0.25) is 0 Å². The summed E-state index contributed by atoms with van der Waals surface area (Å²) in [6, 6.07) is 35.9. The van der Waals surface area contributed by atoms with Gasteiger partial charge < -0.3 is 53.4 Å². The quantitative estimate of drug-likeness (QED) is 0.0949. The molecule has 0 aromatic heterocycles. The number of nitrogens with two attached hydrogens (primary N) is 1. The van der Waals surface area contributed by atoms with Crippen LogP contribution in [0.25, 0.3) is 0 Å². The molecule has 19 heteroatoms. The summed E-state index contributed by atoms with van der Waals surface area (Å²) in [5, 5.41) is 2.31. The number of rotatable bonds is 7. The van der Waals surface area contributed by atoms with Crippen LogP contribution in [-0.4, -0.2) is 90.7 Å². The number of ether oxygens (including phenoxy) is 9. The second-order valence-electron chi connectivity index (χ2n) is 15.7. The molecule has 1 aliphatic rings. The smallest absolute Gasteiger partial charge is 0.161 e. The molecule has 5 aromatic rings. The van der Waals surface area contributed by atoms with Crippen molar-refractivity contribution >= 4 is 13.8 Å². The third kappa shape index (κ3) is 27.4. The zero-order valence-electron chi connectivity index (χ0n) is 39.4. The van der Waals surface area contributed by atoms with Crippen LogP contribution in [0.3, 0.4) is 0 Å². The Bertz CT molecular complexity index is 2110. The molecule has 0 unspecified atom stereocenters. The maximum absolute atomic E-state index is 12.3. The Hall–Kier alpha value is -5.46. The van der Waals surface area contributed by atoms with Crippen LogP contribution in [0.15, 0.2) is 109 Å². The topological polar surface area (TPSA) is 148 Å². The fourth-order valence-electron chi connectivity index (χ4n) is 6.55. The summed E-state index contributed by atoms with van der Waals surface area (Å²) in [4.78, 5) is 12.3. The largest absolute Gasteiger partial charge is 0.487 e. The van der Waals surface area contributed by atoms with Gasteiger partial charge in [-0.2, -0.15) is 0 Å². The average Bonchev–Trinajstić information content (AvgIpc) is 3.26. The summed E-state index contributed by atoms with van der Waals surface area (Å²) in [6.07, 6.45) is 0. The molecule has 0 spiro atoms. The van der Waals surface area contributed by atoms with Gasteiger partial charge in [0.15, 0.2) is 23.0 Å². The van der Waals surface area contributed by atoms with Crippen molar-refractivity contribution in [2.75, 3.05) is 79.3 Å². The molecule has 1 aliphatic heterocycles. The van der Waals surface area contributed by atoms with E-state index in [1.807, 2.05) is 92.7 Å². The minimum atomic E-state index is -10.7. The summed E-state index contributed by atoms with van der Waals surface area (Å²) < 4.78 is 110. The number of quaternary nitrogens is 1. The minimum absolute atomic E-state index is 0. The Balaban J connectivity index is 0.000000318. The monoisotopic (exact) mass is 999 g/mol. The Morgan fingerprint density at radius 1 is 0.464 bits per heavy atom. The van der Waals surface area contributed by atoms with Gasteiger partial charge in [-0.15, -0.1) is 0 Å². The maximum atomic E-state index is 12.3. The standard InChI is InChI=1S/C26H29NO2.C24H32O8.F6P.H2O/c1-18-9-19(2)12-24(11-18)16-27-15-22-5-7-23(8-6-22)17-29-26(28)25-13-20(3)10-21(4)14-25;1-2-6-22-21(5-1)29-17-13-25-9-10-27-15-19-31-23-7-3-4-8-24(23)32-20-16-28-12-11-26-14-18-30-22;1-7(2,3,4,5)6;/h5-14,27H,15-17H2,1-4H3;1-8H,9-20H2;;1H2/q;;-1;/p+1. The van der Waals surface area contributed by atoms with Crippen LogP contribution >= 0.6 is 7.81 Å². The molecular weight excluding hydrogens is 936 g/mol. The number of carbonyl (C=O) groups is 1. The number of carbonyl (C=O) groups excluding carboxylic acids is 1. The van der Waals surface area contributed by atoms with Gasteiger partial charge in [0.2, 0.25) is 0 Å². The second kappa shape index (κ2) is 28.3. The van der Waals surface area contributed by atoms with Gasteiger partial charge in [0.1, 0.15) is 46.1 Å². The van der Waals surface area contributed by atoms with E-state index in [1.165, 1.54) is 22.3 Å². The molecule has 0 fully saturated rings. The summed E-state index contributed by atoms with van der Waals surface area (Å²) >= 11 is 0. The number of hydrogen-bond acceptors (Lipinski definition) is 10. The molecule has 0 saturated carbocycles. The molecule has 12 nitrogen and oxygen atoms in total. The first kappa shape index (κ1) is 57.9. The van der Waals surface area contributed by atoms with Gasteiger partial charge in [0.25, 0.3) is 0 Å². The van der Waals surface area contributed by atoms with Gasteiger partial charge in [0.05, 0.1) is 58.4 Å². The number of aryl methyl sites for hydroxylation is 4. The van der Waals surface area contributed by atoms with Crippen LogP contribution in [0.1, 0.15) is 49.3 Å². The van der Waals surface area contributed by atoms with Crippen LogP contribution in [0, 0.1) is 27.7 Å². The Morgan fingerprint density at radius 2 is 0.768 bits per heavy atom. The second-order valence-corrected chi connectivity index (χ2v) is 17.6. The molecular formula is C50H64F6NO11P. The zero-order valence-corrected chi connectivity index (χ0v) is 40.3. The Labute approximate surface area is 399 Å². The zero-order chi connectivity index (χ0) is 49.3. The first-order valence-corrected chi connectivity index (χ1v) is 24.1. The molecule has 382 valence electrons. The minimum Gasteiger partial charge on any atom is -0.487 e. The van der Waals surface area contributed by atoms with E-state index < -0.39 is 7.81 Å². The Kier molecular flexibility index (Phi) is 23.7. The van der Waals surface area contributed by atoms with Crippen molar-refractivity contribution in [3.63, 3.8) is 0 Å². The summed E-state index contributed by atoms with van der Waals surface area (Å²) in [6.45, 7) is 15.9. The molecule has 0 saturated heterocycles. The molecule has 4 N–H and O–H groups in total. The number of hydrogen-bond donors (Lipinski definition) is 1. The fourth-order valence-corrected chi connectivity index (χ4v) is 6.55. The van der Waals surface area contributed by atoms with E-state index in [4.69, 9.17) is 42.6 Å². The van der Waals surface area contributed by atoms with Crippen molar-refractivity contribution in [1.82, 2.24) is 0 Å². The molecule has 0 atom stereocenters. The van der Waals surface area contributed by atoms with Crippen LogP contribution in [0.4, 0.5) is 25.2 Å². The van der Waals surface area contributed by atoms with E-state index >= 15 is 0 Å². The maximum Gasteiger partial charge on any atom is 0.161 e. The Morgan fingerprint density at radius 3 is 1.13 bits per heavy atom. The normalized spacial score (nSPS) is 15.3. The third-order valence-electron chi connectivity index (χ3n) is 9.28. The van der Waals surface area contributed by atoms with Crippen molar-refractivity contribution in [2.24, 2.45) is 0 Å². The third-order valence-corrected chi connectivity index (χ3v) is 9.28. The van der Waals surface area contributed by atoms with Crippen molar-refractivity contribution in [3.05, 3.63) is 154 Å². The first-order valence-electron chi connectivity index (χ1n) is 22.1. The predicted octanol–water partition coefficient (Wildman–Crippen LogP) is 10.1. The first-order chi connectivity index (χ1) is 32.3. The molecule has 0 aliphatic carbocycles. The van der Waals surface area contributed by atoms with Crippen molar-refractivity contribution in [2.45, 2.75) is 47.4 Å². The van der Waals surface area contributed by atoms with E-state index in [-0.39, 0.29) is 11.4 Å². The summed E-state index contributed by atoms with van der Waals surface area (Å²) in [5.74, 6) is 2.46. The van der Waals surface area contributed by atoms with Crippen LogP contribution in [-0.2, 0) is 43.4 Å². The van der Waals surface area contributed by atoms with Gasteiger partial charge in [-0.05, 0) is 69.7 Å². The molecule has 69 heavy (non-hydrogen) atoms. The van der Waals surface area contributed by atoms with Crippen LogP contribution in [0.2, 0.25) is 0 Å². The van der Waals surface area contributed by atoms with Gasteiger partial charge in [-0.1, -0.05) is 95.1 Å². The number of halogens is 6. The van der Waals surface area contributed by atoms with E-state index in [1.54, 1.807) is 0 Å². The summed E-state index contributed by atoms with van der Waals surface area (Å²) in [7, 11) is -10.7.